The monoisotopic (exact) mass is 269 g/mol. The summed E-state index contributed by atoms with van der Waals surface area (Å²) >= 11 is 0. The van der Waals surface area contributed by atoms with E-state index >= 15 is 0 Å². The van der Waals surface area contributed by atoms with Crippen molar-refractivity contribution in [2.75, 3.05) is 13.1 Å². The van der Waals surface area contributed by atoms with Gasteiger partial charge in [-0.15, -0.1) is 0 Å². The number of hydrogen-bond acceptors (Lipinski definition) is 2. The Bertz CT molecular complexity index is 632. The number of carboxylic acid groups (broad SMARTS) is 1. The maximum Gasteiger partial charge on any atom is 0.306 e. The predicted octanol–water partition coefficient (Wildman–Crippen LogP) is 2.99. The number of likely N-dealkylation sites (tertiary alicyclic amines) is 1. The van der Waals surface area contributed by atoms with Crippen molar-refractivity contribution in [2.24, 2.45) is 11.8 Å². The van der Waals surface area contributed by atoms with E-state index in [1.807, 2.05) is 0 Å². The average Bonchev–Trinajstić information content (AvgIpc) is 2.41. The second kappa shape index (κ2) is 5.25. The third kappa shape index (κ3) is 2.54. The van der Waals surface area contributed by atoms with Crippen LogP contribution in [0.3, 0.4) is 0 Å². The molecule has 1 unspecified atom stereocenters. The van der Waals surface area contributed by atoms with Crippen LogP contribution in [0.4, 0.5) is 0 Å². The fourth-order valence-electron chi connectivity index (χ4n) is 2.85. The molecule has 0 saturated carbocycles. The zero-order chi connectivity index (χ0) is 14.1. The molecule has 1 aliphatic heterocycles. The Morgan fingerprint density at radius 1 is 1.25 bits per heavy atom. The van der Waals surface area contributed by atoms with E-state index in [-0.39, 0.29) is 5.92 Å². The molecule has 1 fully saturated rings. The summed E-state index contributed by atoms with van der Waals surface area (Å²) in [6.07, 6.45) is 0. The molecule has 1 aliphatic rings. The van der Waals surface area contributed by atoms with E-state index < -0.39 is 5.97 Å². The third-order valence-electron chi connectivity index (χ3n) is 4.30. The van der Waals surface area contributed by atoms with Crippen LogP contribution in [0.5, 0.6) is 0 Å². The molecule has 3 nitrogen and oxygen atoms in total. The summed E-state index contributed by atoms with van der Waals surface area (Å²) in [6.45, 7) is 4.49. The average molecular weight is 269 g/mol. The minimum Gasteiger partial charge on any atom is -0.481 e. The van der Waals surface area contributed by atoms with Crippen molar-refractivity contribution in [3.05, 3.63) is 48.0 Å². The van der Waals surface area contributed by atoms with E-state index in [2.05, 4.69) is 47.4 Å². The second-order valence-corrected chi connectivity index (χ2v) is 5.76. The number of fused-ring (bicyclic) bond motifs is 1. The third-order valence-corrected chi connectivity index (χ3v) is 4.30. The molecule has 104 valence electrons. The van der Waals surface area contributed by atoms with Crippen LogP contribution < -0.4 is 0 Å². The quantitative estimate of drug-likeness (QED) is 0.927. The topological polar surface area (TPSA) is 40.5 Å². The summed E-state index contributed by atoms with van der Waals surface area (Å²) in [7, 11) is 0. The van der Waals surface area contributed by atoms with E-state index in [9.17, 15) is 4.79 Å². The van der Waals surface area contributed by atoms with Gasteiger partial charge in [0.2, 0.25) is 0 Å². The lowest BCUT2D eigenvalue weighted by Gasteiger charge is -2.41. The van der Waals surface area contributed by atoms with Crippen molar-refractivity contribution in [1.29, 1.82) is 0 Å². The molecule has 1 N–H and O–H groups in total. The van der Waals surface area contributed by atoms with Gasteiger partial charge in [-0.1, -0.05) is 43.3 Å². The highest BCUT2D eigenvalue weighted by Gasteiger charge is 2.34. The highest BCUT2D eigenvalue weighted by Crippen LogP contribution is 2.26. The molecule has 2 aromatic carbocycles. The molecule has 3 heteroatoms. The van der Waals surface area contributed by atoms with Crippen LogP contribution in [0.1, 0.15) is 12.5 Å². The molecule has 0 amide bonds. The van der Waals surface area contributed by atoms with Gasteiger partial charge in [0.05, 0.1) is 5.92 Å². The lowest BCUT2D eigenvalue weighted by molar-refractivity contribution is -0.145. The molecule has 0 bridgehead atoms. The largest absolute Gasteiger partial charge is 0.481 e. The first-order valence-corrected chi connectivity index (χ1v) is 7.06. The Kier molecular flexibility index (Phi) is 3.45. The Hall–Kier alpha value is -1.87. The van der Waals surface area contributed by atoms with E-state index in [1.54, 1.807) is 6.92 Å². The number of carbonyl (C=O) groups is 1. The number of carboxylic acids is 1. The van der Waals surface area contributed by atoms with Crippen molar-refractivity contribution < 1.29 is 9.90 Å². The highest BCUT2D eigenvalue weighted by atomic mass is 16.4. The maximum absolute atomic E-state index is 10.9. The van der Waals surface area contributed by atoms with Gasteiger partial charge in [-0.05, 0) is 28.3 Å². The van der Waals surface area contributed by atoms with E-state index in [0.717, 1.165) is 19.6 Å². The van der Waals surface area contributed by atoms with Gasteiger partial charge < -0.3 is 5.11 Å². The molecular formula is C17H19NO2. The molecule has 0 spiro atoms. The van der Waals surface area contributed by atoms with Crippen LogP contribution >= 0.6 is 0 Å². The minimum atomic E-state index is -0.680. The van der Waals surface area contributed by atoms with Gasteiger partial charge in [-0.2, -0.15) is 0 Å². The standard InChI is InChI=1S/C17H19NO2/c1-12(17(19)20)16-10-18(11-16)9-13-6-7-14-4-2-3-5-15(14)8-13/h2-8,12,16H,9-11H2,1H3,(H,19,20). The van der Waals surface area contributed by atoms with Crippen LogP contribution in [0, 0.1) is 11.8 Å². The van der Waals surface area contributed by atoms with Gasteiger partial charge in [-0.25, -0.2) is 0 Å². The van der Waals surface area contributed by atoms with E-state index in [4.69, 9.17) is 5.11 Å². The summed E-state index contributed by atoms with van der Waals surface area (Å²) in [5.41, 5.74) is 1.30. The van der Waals surface area contributed by atoms with Crippen molar-refractivity contribution in [1.82, 2.24) is 4.90 Å². The molecule has 0 aromatic heterocycles. The van der Waals surface area contributed by atoms with Crippen LogP contribution in [0.25, 0.3) is 10.8 Å². The normalized spacial score (nSPS) is 17.9. The van der Waals surface area contributed by atoms with Gasteiger partial charge in [-0.3, -0.25) is 9.69 Å². The molecule has 20 heavy (non-hydrogen) atoms. The Morgan fingerprint density at radius 3 is 2.65 bits per heavy atom. The van der Waals surface area contributed by atoms with Crippen molar-refractivity contribution in [3.8, 4) is 0 Å². The van der Waals surface area contributed by atoms with Gasteiger partial charge in [0.1, 0.15) is 0 Å². The first-order chi connectivity index (χ1) is 9.63. The van der Waals surface area contributed by atoms with Gasteiger partial charge in [0, 0.05) is 19.6 Å². The Labute approximate surface area is 118 Å². The fraction of sp³-hybridized carbons (Fsp3) is 0.353. The first-order valence-electron chi connectivity index (χ1n) is 7.06. The number of nitrogens with zero attached hydrogens (tertiary/aromatic N) is 1. The van der Waals surface area contributed by atoms with Crippen LogP contribution in [-0.2, 0) is 11.3 Å². The Balaban J connectivity index is 1.63. The van der Waals surface area contributed by atoms with Gasteiger partial charge in [0.25, 0.3) is 0 Å². The van der Waals surface area contributed by atoms with Gasteiger partial charge >= 0.3 is 5.97 Å². The first kappa shape index (κ1) is 13.1. The molecule has 0 aliphatic carbocycles. The summed E-state index contributed by atoms with van der Waals surface area (Å²) in [6, 6.07) is 14.9. The zero-order valence-electron chi connectivity index (χ0n) is 11.6. The molecule has 1 saturated heterocycles. The van der Waals surface area contributed by atoms with Gasteiger partial charge in [0.15, 0.2) is 0 Å². The molecule has 1 heterocycles. The van der Waals surface area contributed by atoms with Crippen molar-refractivity contribution in [2.45, 2.75) is 13.5 Å². The Morgan fingerprint density at radius 2 is 1.95 bits per heavy atom. The maximum atomic E-state index is 10.9. The lowest BCUT2D eigenvalue weighted by Crippen LogP contribution is -2.50. The number of aliphatic carboxylic acids is 1. The highest BCUT2D eigenvalue weighted by molar-refractivity contribution is 5.82. The zero-order valence-corrected chi connectivity index (χ0v) is 11.6. The van der Waals surface area contributed by atoms with E-state index in [1.165, 1.54) is 16.3 Å². The number of rotatable bonds is 4. The SMILES string of the molecule is CC(C(=O)O)C1CN(Cc2ccc3ccccc3c2)C1. The van der Waals surface area contributed by atoms with Crippen molar-refractivity contribution in [3.63, 3.8) is 0 Å². The summed E-state index contributed by atoms with van der Waals surface area (Å²) in [5.74, 6) is -0.615. The molecule has 1 atom stereocenters. The van der Waals surface area contributed by atoms with Crippen LogP contribution in [0.15, 0.2) is 42.5 Å². The predicted molar refractivity (Wildman–Crippen MR) is 79.5 cm³/mol. The summed E-state index contributed by atoms with van der Waals surface area (Å²) in [4.78, 5) is 13.2. The van der Waals surface area contributed by atoms with Crippen molar-refractivity contribution >= 4 is 16.7 Å². The smallest absolute Gasteiger partial charge is 0.306 e. The molecule has 0 radical (unpaired) electrons. The number of hydrogen-bond donors (Lipinski definition) is 1. The van der Waals surface area contributed by atoms with Crippen LogP contribution in [0.2, 0.25) is 0 Å². The van der Waals surface area contributed by atoms with Crippen LogP contribution in [-0.4, -0.2) is 29.1 Å². The molecular weight excluding hydrogens is 250 g/mol. The van der Waals surface area contributed by atoms with E-state index in [0.29, 0.717) is 5.92 Å². The number of benzene rings is 2. The fourth-order valence-corrected chi connectivity index (χ4v) is 2.85. The lowest BCUT2D eigenvalue weighted by atomic mass is 9.87. The second-order valence-electron chi connectivity index (χ2n) is 5.76. The minimum absolute atomic E-state index is 0.233. The summed E-state index contributed by atoms with van der Waals surface area (Å²) in [5, 5.41) is 11.5. The molecule has 3 rings (SSSR count). The summed E-state index contributed by atoms with van der Waals surface area (Å²) < 4.78 is 0. The molecule has 2 aromatic rings.